The van der Waals surface area contributed by atoms with Crippen LogP contribution >= 0.6 is 0 Å². The fraction of sp³-hybridized carbons (Fsp3) is 0.353. The number of benzene rings is 3. The minimum Gasteiger partial charge on any atom is -0.410 e. The van der Waals surface area contributed by atoms with E-state index in [1.165, 1.54) is 4.90 Å². The maximum absolute atomic E-state index is 14.4. The highest BCUT2D eigenvalue weighted by atomic mass is 16.6. The highest BCUT2D eigenvalue weighted by molar-refractivity contribution is 6.10. The molecule has 3 aromatic carbocycles. The fourth-order valence-corrected chi connectivity index (χ4v) is 5.66. The van der Waals surface area contributed by atoms with Crippen LogP contribution < -0.4 is 4.74 Å². The topological polar surface area (TPSA) is 84.2 Å². The number of fused-ring (bicyclic) bond motifs is 5. The third kappa shape index (κ3) is 5.78. The Kier molecular flexibility index (Phi) is 8.66. The molecule has 8 nitrogen and oxygen atoms in total. The second-order valence-electron chi connectivity index (χ2n) is 11.3. The summed E-state index contributed by atoms with van der Waals surface area (Å²) in [5, 5.41) is 11.2. The van der Waals surface area contributed by atoms with Crippen LogP contribution in [0.3, 0.4) is 0 Å². The smallest absolute Gasteiger partial charge is 0.410 e. The average molecular weight is 570 g/mol. The van der Waals surface area contributed by atoms with E-state index in [9.17, 15) is 14.7 Å². The average Bonchev–Trinajstić information content (AvgIpc) is 3.29. The molecule has 1 N–H and O–H groups in total. The van der Waals surface area contributed by atoms with Gasteiger partial charge in [-0.15, -0.1) is 0 Å². The van der Waals surface area contributed by atoms with E-state index in [2.05, 4.69) is 0 Å². The monoisotopic (exact) mass is 569 g/mol. The van der Waals surface area contributed by atoms with Gasteiger partial charge in [-0.1, -0.05) is 67.1 Å². The zero-order chi connectivity index (χ0) is 30.0. The normalized spacial score (nSPS) is 18.1. The van der Waals surface area contributed by atoms with E-state index in [4.69, 9.17) is 9.47 Å². The Labute approximate surface area is 247 Å². The molecule has 1 aliphatic rings. The van der Waals surface area contributed by atoms with Crippen LogP contribution in [0, 0.1) is 12.8 Å². The van der Waals surface area contributed by atoms with Crippen LogP contribution in [0.1, 0.15) is 35.5 Å². The zero-order valence-corrected chi connectivity index (χ0v) is 24.9. The van der Waals surface area contributed by atoms with E-state index in [-0.39, 0.29) is 25.0 Å². The minimum absolute atomic E-state index is 0.153. The summed E-state index contributed by atoms with van der Waals surface area (Å²) in [7, 11) is 3.60. The molecule has 0 unspecified atom stereocenters. The molecule has 1 aliphatic heterocycles. The standard InChI is InChI=1S/C34H39N3O5/c1-22-14-16-26(17-15-22)42-34(40)35(4)19-30-23(2)18-37(24(3)20-38)33(39)32-31(27-11-7-6-10-25(27)21-41-30)28-12-8-9-13-29(28)36(32)5/h6-17,23-24,30,38H,18-21H2,1-5H3/t23-,24-,30+/m1/s1. The first-order valence-corrected chi connectivity index (χ1v) is 14.4. The highest BCUT2D eigenvalue weighted by Gasteiger charge is 2.34. The Morgan fingerprint density at radius 3 is 2.52 bits per heavy atom. The Morgan fingerprint density at radius 1 is 1.10 bits per heavy atom. The van der Waals surface area contributed by atoms with E-state index in [0.29, 0.717) is 24.6 Å². The van der Waals surface area contributed by atoms with Gasteiger partial charge in [0.05, 0.1) is 31.9 Å². The molecule has 0 fully saturated rings. The van der Waals surface area contributed by atoms with Gasteiger partial charge in [0.2, 0.25) is 0 Å². The maximum atomic E-state index is 14.4. The van der Waals surface area contributed by atoms with E-state index in [1.54, 1.807) is 24.1 Å². The summed E-state index contributed by atoms with van der Waals surface area (Å²) in [4.78, 5) is 30.7. The van der Waals surface area contributed by atoms with Crippen molar-refractivity contribution in [1.29, 1.82) is 0 Å². The van der Waals surface area contributed by atoms with Gasteiger partial charge in [-0.2, -0.15) is 0 Å². The van der Waals surface area contributed by atoms with Crippen molar-refractivity contribution in [3.05, 3.63) is 89.6 Å². The molecule has 0 radical (unpaired) electrons. The largest absolute Gasteiger partial charge is 0.415 e. The van der Waals surface area contributed by atoms with Gasteiger partial charge in [0.1, 0.15) is 11.4 Å². The van der Waals surface area contributed by atoms with Crippen LogP contribution in [0.2, 0.25) is 0 Å². The number of likely N-dealkylation sites (N-methyl/N-ethyl adjacent to an activating group) is 1. The van der Waals surface area contributed by atoms with Gasteiger partial charge in [0.15, 0.2) is 0 Å². The van der Waals surface area contributed by atoms with Gasteiger partial charge in [0.25, 0.3) is 5.91 Å². The Morgan fingerprint density at radius 2 is 1.79 bits per heavy atom. The molecular formula is C34H39N3O5. The van der Waals surface area contributed by atoms with Crippen molar-refractivity contribution >= 4 is 22.9 Å². The van der Waals surface area contributed by atoms with Crippen LogP contribution in [0.4, 0.5) is 4.79 Å². The zero-order valence-electron chi connectivity index (χ0n) is 24.9. The summed E-state index contributed by atoms with van der Waals surface area (Å²) < 4.78 is 14.1. The lowest BCUT2D eigenvalue weighted by molar-refractivity contribution is -0.0206. The van der Waals surface area contributed by atoms with Crippen LogP contribution in [0.25, 0.3) is 22.0 Å². The number of aliphatic hydroxyl groups is 1. The third-order valence-corrected chi connectivity index (χ3v) is 8.22. The van der Waals surface area contributed by atoms with Gasteiger partial charge in [-0.25, -0.2) is 4.79 Å². The summed E-state index contributed by atoms with van der Waals surface area (Å²) in [6, 6.07) is 22.9. The highest BCUT2D eigenvalue weighted by Crippen LogP contribution is 2.38. The number of aliphatic hydroxyl groups excluding tert-OH is 1. The van der Waals surface area contributed by atoms with E-state index in [1.807, 2.05) is 93.0 Å². The number of para-hydroxylation sites is 1. The molecule has 0 aliphatic carbocycles. The second-order valence-corrected chi connectivity index (χ2v) is 11.3. The number of aryl methyl sites for hydroxylation is 2. The van der Waals surface area contributed by atoms with Crippen LogP contribution in [-0.2, 0) is 18.4 Å². The van der Waals surface area contributed by atoms with Gasteiger partial charge in [0, 0.05) is 43.0 Å². The molecule has 0 saturated heterocycles. The van der Waals surface area contributed by atoms with Crippen molar-refractivity contribution in [1.82, 2.24) is 14.4 Å². The first kappa shape index (κ1) is 29.4. The Balaban J connectivity index is 1.53. The second kappa shape index (κ2) is 12.4. The Hall–Kier alpha value is -4.14. The number of amides is 2. The summed E-state index contributed by atoms with van der Waals surface area (Å²) in [5.74, 6) is 0.155. The van der Waals surface area contributed by atoms with Crippen molar-refractivity contribution in [3.8, 4) is 16.9 Å². The van der Waals surface area contributed by atoms with Gasteiger partial charge < -0.3 is 28.9 Å². The lowest BCUT2D eigenvalue weighted by Gasteiger charge is -2.34. The maximum Gasteiger partial charge on any atom is 0.415 e. The first-order valence-electron chi connectivity index (χ1n) is 14.4. The van der Waals surface area contributed by atoms with E-state index >= 15 is 0 Å². The number of aromatic nitrogens is 1. The lowest BCUT2D eigenvalue weighted by atomic mass is 9.96. The van der Waals surface area contributed by atoms with Crippen molar-refractivity contribution in [2.45, 2.75) is 39.5 Å². The molecule has 5 rings (SSSR count). The summed E-state index contributed by atoms with van der Waals surface area (Å²) in [6.07, 6.45) is -0.896. The van der Waals surface area contributed by atoms with E-state index < -0.39 is 18.2 Å². The quantitative estimate of drug-likeness (QED) is 0.336. The van der Waals surface area contributed by atoms with Crippen LogP contribution in [0.15, 0.2) is 72.8 Å². The third-order valence-electron chi connectivity index (χ3n) is 8.22. The van der Waals surface area contributed by atoms with Crippen molar-refractivity contribution in [3.63, 3.8) is 0 Å². The molecule has 4 aromatic rings. The molecule has 0 spiro atoms. The summed E-state index contributed by atoms with van der Waals surface area (Å²) in [5.41, 5.74) is 5.35. The predicted octanol–water partition coefficient (Wildman–Crippen LogP) is 5.64. The number of ether oxygens (including phenoxy) is 2. The van der Waals surface area contributed by atoms with Gasteiger partial charge in [-0.05, 0) is 43.2 Å². The van der Waals surface area contributed by atoms with Crippen molar-refractivity contribution in [2.24, 2.45) is 13.0 Å². The van der Waals surface area contributed by atoms with Gasteiger partial charge >= 0.3 is 6.09 Å². The minimum atomic E-state index is -0.486. The van der Waals surface area contributed by atoms with Gasteiger partial charge in [-0.3, -0.25) is 4.79 Å². The molecule has 3 atom stereocenters. The number of hydrogen-bond acceptors (Lipinski definition) is 5. The number of carbonyl (C=O) groups is 2. The van der Waals surface area contributed by atoms with Crippen molar-refractivity contribution < 1.29 is 24.2 Å². The molecule has 42 heavy (non-hydrogen) atoms. The molecule has 0 bridgehead atoms. The molecule has 1 aromatic heterocycles. The molecular weight excluding hydrogens is 530 g/mol. The lowest BCUT2D eigenvalue weighted by Crippen LogP contribution is -2.48. The molecule has 8 heteroatoms. The Bertz CT molecular complexity index is 1580. The molecule has 0 saturated carbocycles. The number of hydrogen-bond donors (Lipinski definition) is 1. The predicted molar refractivity (Wildman–Crippen MR) is 164 cm³/mol. The molecule has 2 amide bonds. The number of carbonyl (C=O) groups excluding carboxylic acids is 2. The fourth-order valence-electron chi connectivity index (χ4n) is 5.66. The SMILES string of the molecule is Cc1ccc(OC(=O)N(C)C[C@@H]2OCc3ccccc3-c3c(n(C)c4ccccc34)C(=O)N([C@H](C)CO)C[C@H]2C)cc1. The number of rotatable bonds is 5. The summed E-state index contributed by atoms with van der Waals surface area (Å²) in [6.45, 7) is 6.56. The van der Waals surface area contributed by atoms with Crippen LogP contribution in [0.5, 0.6) is 5.75 Å². The first-order chi connectivity index (χ1) is 20.2. The van der Waals surface area contributed by atoms with E-state index in [0.717, 1.165) is 33.2 Å². The van der Waals surface area contributed by atoms with Crippen LogP contribution in [-0.4, -0.2) is 70.4 Å². The molecule has 220 valence electrons. The molecule has 2 heterocycles. The van der Waals surface area contributed by atoms with Crippen molar-refractivity contribution in [2.75, 3.05) is 26.7 Å². The number of nitrogens with zero attached hydrogens (tertiary/aromatic N) is 3. The summed E-state index contributed by atoms with van der Waals surface area (Å²) >= 11 is 0.